The lowest BCUT2D eigenvalue weighted by Crippen LogP contribution is -2.39. The van der Waals surface area contributed by atoms with E-state index in [4.69, 9.17) is 0 Å². The van der Waals surface area contributed by atoms with Gasteiger partial charge >= 0.3 is 0 Å². The number of benzene rings is 2. The van der Waals surface area contributed by atoms with Gasteiger partial charge < -0.3 is 5.32 Å². The summed E-state index contributed by atoms with van der Waals surface area (Å²) in [5.41, 5.74) is 1.74. The third-order valence-corrected chi connectivity index (χ3v) is 5.99. The molecule has 0 saturated carbocycles. The van der Waals surface area contributed by atoms with E-state index in [0.29, 0.717) is 18.0 Å². The zero-order valence-corrected chi connectivity index (χ0v) is 14.6. The fourth-order valence-electron chi connectivity index (χ4n) is 2.58. The number of nitrogens with zero attached hydrogens (tertiary/aromatic N) is 1. The third-order valence-electron chi connectivity index (χ3n) is 3.73. The Hall–Kier alpha value is -1.37. The summed E-state index contributed by atoms with van der Waals surface area (Å²) in [6, 6.07) is 14.5. The minimum atomic E-state index is -3.59. The van der Waals surface area contributed by atoms with Crippen LogP contribution in [0.3, 0.4) is 0 Å². The highest BCUT2D eigenvalue weighted by molar-refractivity contribution is 9.10. The Morgan fingerprint density at radius 1 is 1.18 bits per heavy atom. The van der Waals surface area contributed by atoms with Crippen LogP contribution in [0.25, 0.3) is 0 Å². The molecule has 0 spiro atoms. The van der Waals surface area contributed by atoms with Crippen LogP contribution in [0.1, 0.15) is 12.5 Å². The first-order valence-corrected chi connectivity index (χ1v) is 9.31. The second-order valence-electron chi connectivity index (χ2n) is 5.40. The quantitative estimate of drug-likeness (QED) is 0.870. The van der Waals surface area contributed by atoms with Crippen molar-refractivity contribution < 1.29 is 8.42 Å². The molecule has 0 aliphatic carbocycles. The highest BCUT2D eigenvalue weighted by Gasteiger charge is 2.29. The first-order valence-electron chi connectivity index (χ1n) is 7.08. The zero-order valence-electron chi connectivity index (χ0n) is 12.2. The molecule has 0 radical (unpaired) electrons. The van der Waals surface area contributed by atoms with Crippen molar-refractivity contribution in [2.45, 2.75) is 24.4 Å². The summed E-state index contributed by atoms with van der Waals surface area (Å²) >= 11 is 3.34. The minimum Gasteiger partial charge on any atom is -0.308 e. The van der Waals surface area contributed by atoms with Gasteiger partial charge in [0.25, 0.3) is 10.0 Å². The first-order chi connectivity index (χ1) is 10.5. The van der Waals surface area contributed by atoms with Crippen molar-refractivity contribution in [3.8, 4) is 0 Å². The van der Waals surface area contributed by atoms with Gasteiger partial charge in [-0.25, -0.2) is 8.42 Å². The number of rotatable bonds is 2. The van der Waals surface area contributed by atoms with Crippen molar-refractivity contribution in [2.75, 3.05) is 10.8 Å². The lowest BCUT2D eigenvalue weighted by molar-refractivity contribution is 0.556. The van der Waals surface area contributed by atoms with E-state index in [0.717, 1.165) is 15.7 Å². The first kappa shape index (κ1) is 15.5. The van der Waals surface area contributed by atoms with Crippen molar-refractivity contribution in [3.63, 3.8) is 0 Å². The summed E-state index contributed by atoms with van der Waals surface area (Å²) in [7, 11) is -3.59. The van der Waals surface area contributed by atoms with E-state index >= 15 is 0 Å². The average molecular weight is 381 g/mol. The van der Waals surface area contributed by atoms with Crippen LogP contribution < -0.4 is 9.62 Å². The number of fused-ring (bicyclic) bond motifs is 1. The molecule has 1 aliphatic rings. The van der Waals surface area contributed by atoms with Gasteiger partial charge in [0.05, 0.1) is 10.6 Å². The smallest absolute Gasteiger partial charge is 0.264 e. The minimum absolute atomic E-state index is 0.0781. The summed E-state index contributed by atoms with van der Waals surface area (Å²) in [6.45, 7) is 3.07. The van der Waals surface area contributed by atoms with Gasteiger partial charge in [0.15, 0.2) is 0 Å². The van der Waals surface area contributed by atoms with Crippen LogP contribution in [0, 0.1) is 0 Å². The lowest BCUT2D eigenvalue weighted by Gasteiger charge is -2.26. The predicted octanol–water partition coefficient (Wildman–Crippen LogP) is 3.14. The van der Waals surface area contributed by atoms with Gasteiger partial charge in [-0.15, -0.1) is 0 Å². The molecule has 22 heavy (non-hydrogen) atoms. The molecule has 2 aromatic carbocycles. The van der Waals surface area contributed by atoms with Crippen LogP contribution in [0.2, 0.25) is 0 Å². The Bertz CT molecular complexity index is 792. The molecule has 0 saturated heterocycles. The van der Waals surface area contributed by atoms with E-state index in [1.807, 2.05) is 37.3 Å². The van der Waals surface area contributed by atoms with Crippen molar-refractivity contribution in [1.29, 1.82) is 0 Å². The number of nitrogens with one attached hydrogen (secondary N) is 1. The van der Waals surface area contributed by atoms with Gasteiger partial charge in [0, 0.05) is 23.6 Å². The number of para-hydroxylation sites is 1. The summed E-state index contributed by atoms with van der Waals surface area (Å²) in [5.74, 6) is 0. The van der Waals surface area contributed by atoms with Crippen LogP contribution in [-0.2, 0) is 16.6 Å². The number of sulfonamides is 1. The van der Waals surface area contributed by atoms with Crippen molar-refractivity contribution >= 4 is 31.6 Å². The molecule has 1 aliphatic heterocycles. The molecule has 1 atom stereocenters. The van der Waals surface area contributed by atoms with Gasteiger partial charge in [-0.2, -0.15) is 0 Å². The summed E-state index contributed by atoms with van der Waals surface area (Å²) < 4.78 is 28.4. The maximum absolute atomic E-state index is 13.1. The zero-order chi connectivity index (χ0) is 15.7. The van der Waals surface area contributed by atoms with Gasteiger partial charge in [-0.1, -0.05) is 40.2 Å². The standard InChI is InChI=1S/C16H17BrN2O2S/c1-12-11-19(16-8-3-2-5-13(16)10-18-12)22(20,21)15-7-4-6-14(17)9-15/h2-9,12,18H,10-11H2,1H3. The second-order valence-corrected chi connectivity index (χ2v) is 8.18. The largest absolute Gasteiger partial charge is 0.308 e. The van der Waals surface area contributed by atoms with Crippen molar-refractivity contribution in [3.05, 3.63) is 58.6 Å². The second kappa shape index (κ2) is 6.02. The Morgan fingerprint density at radius 3 is 2.73 bits per heavy atom. The molecule has 0 bridgehead atoms. The molecule has 3 rings (SSSR count). The SMILES string of the molecule is CC1CN(S(=O)(=O)c2cccc(Br)c2)c2ccccc2CN1. The Balaban J connectivity index is 2.12. The Labute approximate surface area is 139 Å². The normalized spacial score (nSPS) is 18.6. The third kappa shape index (κ3) is 2.91. The molecule has 1 heterocycles. The van der Waals surface area contributed by atoms with Crippen LogP contribution in [0.15, 0.2) is 57.9 Å². The monoisotopic (exact) mass is 380 g/mol. The highest BCUT2D eigenvalue weighted by atomic mass is 79.9. The lowest BCUT2D eigenvalue weighted by atomic mass is 10.2. The molecule has 0 aromatic heterocycles. The van der Waals surface area contributed by atoms with Gasteiger partial charge in [-0.3, -0.25) is 4.31 Å². The molecular weight excluding hydrogens is 364 g/mol. The maximum atomic E-state index is 13.1. The van der Waals surface area contributed by atoms with E-state index in [-0.39, 0.29) is 6.04 Å². The summed E-state index contributed by atoms with van der Waals surface area (Å²) in [6.07, 6.45) is 0. The van der Waals surface area contributed by atoms with Gasteiger partial charge in [-0.05, 0) is 36.8 Å². The molecular formula is C16H17BrN2O2S. The predicted molar refractivity (Wildman–Crippen MR) is 91.4 cm³/mol. The summed E-state index contributed by atoms with van der Waals surface area (Å²) in [5, 5.41) is 3.35. The fraction of sp³-hybridized carbons (Fsp3) is 0.250. The van der Waals surface area contributed by atoms with E-state index in [1.54, 1.807) is 18.2 Å². The van der Waals surface area contributed by atoms with Crippen molar-refractivity contribution in [1.82, 2.24) is 5.32 Å². The highest BCUT2D eigenvalue weighted by Crippen LogP contribution is 2.30. The van der Waals surface area contributed by atoms with E-state index in [9.17, 15) is 8.42 Å². The summed E-state index contributed by atoms with van der Waals surface area (Å²) in [4.78, 5) is 0.297. The molecule has 0 fully saturated rings. The van der Waals surface area contributed by atoms with E-state index in [1.165, 1.54) is 4.31 Å². The Morgan fingerprint density at radius 2 is 1.95 bits per heavy atom. The molecule has 1 unspecified atom stereocenters. The molecule has 116 valence electrons. The van der Waals surface area contributed by atoms with Gasteiger partial charge in [0.1, 0.15) is 0 Å². The number of anilines is 1. The fourth-order valence-corrected chi connectivity index (χ4v) is 4.77. The Kier molecular flexibility index (Phi) is 4.25. The van der Waals surface area contributed by atoms with Crippen LogP contribution in [-0.4, -0.2) is 21.0 Å². The molecule has 1 N–H and O–H groups in total. The van der Waals surface area contributed by atoms with Crippen LogP contribution >= 0.6 is 15.9 Å². The number of hydrogen-bond donors (Lipinski definition) is 1. The average Bonchev–Trinajstić information content (AvgIpc) is 2.67. The molecule has 0 amide bonds. The molecule has 6 heteroatoms. The van der Waals surface area contributed by atoms with E-state index < -0.39 is 10.0 Å². The van der Waals surface area contributed by atoms with Crippen LogP contribution in [0.5, 0.6) is 0 Å². The van der Waals surface area contributed by atoms with Crippen LogP contribution in [0.4, 0.5) is 5.69 Å². The number of hydrogen-bond acceptors (Lipinski definition) is 3. The van der Waals surface area contributed by atoms with Crippen molar-refractivity contribution in [2.24, 2.45) is 0 Å². The topological polar surface area (TPSA) is 49.4 Å². The van der Waals surface area contributed by atoms with E-state index in [2.05, 4.69) is 21.2 Å². The van der Waals surface area contributed by atoms with Gasteiger partial charge in [0.2, 0.25) is 0 Å². The molecule has 2 aromatic rings. The number of halogens is 1. The maximum Gasteiger partial charge on any atom is 0.264 e. The molecule has 4 nitrogen and oxygen atoms in total.